The maximum atomic E-state index is 6.09. The minimum Gasteiger partial charge on any atom is -0.461 e. The number of rotatable bonds is 3. The van der Waals surface area contributed by atoms with Crippen LogP contribution in [-0.2, 0) is 6.42 Å². The lowest BCUT2D eigenvalue weighted by atomic mass is 10.2. The van der Waals surface area contributed by atoms with Gasteiger partial charge in [0.2, 0.25) is 0 Å². The summed E-state index contributed by atoms with van der Waals surface area (Å²) in [6.07, 6.45) is 0.693. The molecule has 0 atom stereocenters. The van der Waals surface area contributed by atoms with E-state index in [0.717, 1.165) is 11.3 Å². The minimum atomic E-state index is 0.425. The van der Waals surface area contributed by atoms with E-state index in [-0.39, 0.29) is 0 Å². The number of benzene rings is 1. The predicted molar refractivity (Wildman–Crippen MR) is 71.9 cm³/mol. The largest absolute Gasteiger partial charge is 0.461 e. The molecule has 0 unspecified atom stereocenters. The molecule has 0 radical (unpaired) electrons. The summed E-state index contributed by atoms with van der Waals surface area (Å²) in [5, 5.41) is 1.38. The normalized spacial score (nSPS) is 10.8. The molecular formula is C12H10Cl3NO. The monoisotopic (exact) mass is 289 g/mol. The summed E-state index contributed by atoms with van der Waals surface area (Å²) in [7, 11) is 0. The molecule has 5 heteroatoms. The zero-order chi connectivity index (χ0) is 12.4. The van der Waals surface area contributed by atoms with Gasteiger partial charge in [-0.2, -0.15) is 0 Å². The van der Waals surface area contributed by atoms with E-state index >= 15 is 0 Å². The molecule has 17 heavy (non-hydrogen) atoms. The summed E-state index contributed by atoms with van der Waals surface area (Å²) in [5.74, 6) is 1.49. The molecule has 1 heterocycles. The minimum absolute atomic E-state index is 0.425. The summed E-state index contributed by atoms with van der Waals surface area (Å²) < 4.78 is 5.62. The van der Waals surface area contributed by atoms with Crippen LogP contribution in [0.3, 0.4) is 0 Å². The highest BCUT2D eigenvalue weighted by Gasteiger charge is 2.11. The van der Waals surface area contributed by atoms with Crippen molar-refractivity contribution in [3.63, 3.8) is 0 Å². The van der Waals surface area contributed by atoms with E-state index < -0.39 is 0 Å². The SMILES string of the molecule is NCCc1ccc(-c2cc(Cl)c(Cl)cc2Cl)o1. The molecule has 2 N–H and O–H groups in total. The number of halogens is 3. The first kappa shape index (κ1) is 12.8. The Morgan fingerprint density at radius 2 is 1.71 bits per heavy atom. The predicted octanol–water partition coefficient (Wildman–Crippen LogP) is 4.41. The van der Waals surface area contributed by atoms with Crippen molar-refractivity contribution in [2.24, 2.45) is 5.73 Å². The van der Waals surface area contributed by atoms with Crippen LogP contribution < -0.4 is 5.73 Å². The number of hydrogen-bond donors (Lipinski definition) is 1. The number of nitrogens with two attached hydrogens (primary N) is 1. The van der Waals surface area contributed by atoms with E-state index in [1.165, 1.54) is 0 Å². The molecule has 1 aromatic carbocycles. The van der Waals surface area contributed by atoms with Crippen LogP contribution in [0.15, 0.2) is 28.7 Å². The Labute approximate surface area is 114 Å². The number of hydrogen-bond acceptors (Lipinski definition) is 2. The second-order valence-electron chi connectivity index (χ2n) is 3.55. The van der Waals surface area contributed by atoms with Gasteiger partial charge in [-0.3, -0.25) is 0 Å². The summed E-state index contributed by atoms with van der Waals surface area (Å²) in [6, 6.07) is 7.01. The molecule has 0 aliphatic heterocycles. The number of furan rings is 1. The molecule has 0 fully saturated rings. The third kappa shape index (κ3) is 2.78. The maximum Gasteiger partial charge on any atom is 0.135 e. The zero-order valence-electron chi connectivity index (χ0n) is 8.84. The summed E-state index contributed by atoms with van der Waals surface area (Å²) in [4.78, 5) is 0. The standard InChI is InChI=1S/C12H10Cl3NO/c13-9-6-11(15)10(14)5-8(9)12-2-1-7(17-12)3-4-16/h1-2,5-6H,3-4,16H2. The molecule has 0 spiro atoms. The van der Waals surface area contributed by atoms with Crippen molar-refractivity contribution in [3.05, 3.63) is 45.1 Å². The van der Waals surface area contributed by atoms with Crippen LogP contribution in [0.25, 0.3) is 11.3 Å². The van der Waals surface area contributed by atoms with E-state index in [1.54, 1.807) is 12.1 Å². The van der Waals surface area contributed by atoms with E-state index in [1.807, 2.05) is 12.1 Å². The fraction of sp³-hybridized carbons (Fsp3) is 0.167. The van der Waals surface area contributed by atoms with E-state index in [4.69, 9.17) is 45.0 Å². The van der Waals surface area contributed by atoms with Gasteiger partial charge in [-0.15, -0.1) is 0 Å². The quantitative estimate of drug-likeness (QED) is 0.851. The Kier molecular flexibility index (Phi) is 4.00. The van der Waals surface area contributed by atoms with Gasteiger partial charge in [-0.1, -0.05) is 34.8 Å². The van der Waals surface area contributed by atoms with Crippen LogP contribution in [0.4, 0.5) is 0 Å². The molecule has 0 aliphatic rings. The lowest BCUT2D eigenvalue weighted by Crippen LogP contribution is -2.01. The first-order chi connectivity index (χ1) is 8.11. The second-order valence-corrected chi connectivity index (χ2v) is 4.77. The van der Waals surface area contributed by atoms with Crippen molar-refractivity contribution in [3.8, 4) is 11.3 Å². The molecule has 0 saturated carbocycles. The van der Waals surface area contributed by atoms with Crippen molar-refractivity contribution in [2.45, 2.75) is 6.42 Å². The van der Waals surface area contributed by atoms with Gasteiger partial charge in [0, 0.05) is 12.0 Å². The highest BCUT2D eigenvalue weighted by atomic mass is 35.5. The third-order valence-electron chi connectivity index (χ3n) is 2.33. The Hall–Kier alpha value is -0.670. The molecule has 0 saturated heterocycles. The van der Waals surface area contributed by atoms with Gasteiger partial charge in [0.25, 0.3) is 0 Å². The fourth-order valence-corrected chi connectivity index (χ4v) is 2.15. The topological polar surface area (TPSA) is 39.2 Å². The lowest BCUT2D eigenvalue weighted by molar-refractivity contribution is 0.524. The highest BCUT2D eigenvalue weighted by molar-refractivity contribution is 6.44. The Balaban J connectivity index is 2.41. The third-order valence-corrected chi connectivity index (χ3v) is 3.36. The molecule has 0 aliphatic carbocycles. The summed E-state index contributed by atoms with van der Waals surface area (Å²) in [5.41, 5.74) is 6.18. The van der Waals surface area contributed by atoms with Crippen molar-refractivity contribution >= 4 is 34.8 Å². The van der Waals surface area contributed by atoms with Gasteiger partial charge in [-0.25, -0.2) is 0 Å². The van der Waals surface area contributed by atoms with Crippen LogP contribution in [0.1, 0.15) is 5.76 Å². The van der Waals surface area contributed by atoms with Gasteiger partial charge in [0.1, 0.15) is 11.5 Å². The van der Waals surface area contributed by atoms with Crippen molar-refractivity contribution in [1.82, 2.24) is 0 Å². The molecule has 2 nitrogen and oxygen atoms in total. The lowest BCUT2D eigenvalue weighted by Gasteiger charge is -2.03. The Morgan fingerprint density at radius 3 is 2.41 bits per heavy atom. The highest BCUT2D eigenvalue weighted by Crippen LogP contribution is 2.35. The van der Waals surface area contributed by atoms with Crippen molar-refractivity contribution < 1.29 is 4.42 Å². The van der Waals surface area contributed by atoms with Crippen LogP contribution in [0.2, 0.25) is 15.1 Å². The van der Waals surface area contributed by atoms with Gasteiger partial charge < -0.3 is 10.2 Å². The second kappa shape index (κ2) is 5.32. The van der Waals surface area contributed by atoms with Gasteiger partial charge in [-0.05, 0) is 30.8 Å². The molecule has 2 aromatic rings. The van der Waals surface area contributed by atoms with E-state index in [9.17, 15) is 0 Å². The molecule has 0 amide bonds. The Bertz CT molecular complexity index is 537. The first-order valence-corrected chi connectivity index (χ1v) is 6.19. The van der Waals surface area contributed by atoms with Gasteiger partial charge in [0.05, 0.1) is 15.1 Å². The molecular weight excluding hydrogens is 280 g/mol. The average Bonchev–Trinajstić information content (AvgIpc) is 2.72. The van der Waals surface area contributed by atoms with Gasteiger partial charge in [0.15, 0.2) is 0 Å². The fourth-order valence-electron chi connectivity index (χ4n) is 1.51. The van der Waals surface area contributed by atoms with Crippen molar-refractivity contribution in [2.75, 3.05) is 6.54 Å². The first-order valence-electron chi connectivity index (χ1n) is 5.05. The Morgan fingerprint density at radius 1 is 1.00 bits per heavy atom. The molecule has 0 bridgehead atoms. The summed E-state index contributed by atoms with van der Waals surface area (Å²) in [6.45, 7) is 0.544. The average molecular weight is 291 g/mol. The van der Waals surface area contributed by atoms with Crippen LogP contribution in [-0.4, -0.2) is 6.54 Å². The van der Waals surface area contributed by atoms with E-state index in [2.05, 4.69) is 0 Å². The smallest absolute Gasteiger partial charge is 0.135 e. The molecule has 1 aromatic heterocycles. The maximum absolute atomic E-state index is 6.09. The van der Waals surface area contributed by atoms with Crippen molar-refractivity contribution in [1.29, 1.82) is 0 Å². The van der Waals surface area contributed by atoms with Crippen LogP contribution in [0, 0.1) is 0 Å². The van der Waals surface area contributed by atoms with Crippen LogP contribution >= 0.6 is 34.8 Å². The molecule has 90 valence electrons. The van der Waals surface area contributed by atoms with Crippen LogP contribution in [0.5, 0.6) is 0 Å². The summed E-state index contributed by atoms with van der Waals surface area (Å²) >= 11 is 17.9. The van der Waals surface area contributed by atoms with Gasteiger partial charge >= 0.3 is 0 Å². The zero-order valence-corrected chi connectivity index (χ0v) is 11.1. The molecule has 2 rings (SSSR count). The van der Waals surface area contributed by atoms with E-state index in [0.29, 0.717) is 33.8 Å².